The molecule has 0 aliphatic heterocycles. The van der Waals surface area contributed by atoms with Gasteiger partial charge in [0.2, 0.25) is 0 Å². The van der Waals surface area contributed by atoms with Crippen molar-refractivity contribution in [2.45, 2.75) is 82.1 Å². The highest BCUT2D eigenvalue weighted by Crippen LogP contribution is 2.55. The number of aliphatic hydroxyl groups is 1. The standard InChI is InChI=1S/C25H34FO2P/c26-24(25(27)20-14-6-4-2-1-3-5-7-15-21-25)29(28,22-16-10-8-11-17-22)23-18-12-9-13-19-23/h8-13,16-19,24,27H,1-7,14-15,20-21H2. The largest absolute Gasteiger partial charge is 0.386 e. The summed E-state index contributed by atoms with van der Waals surface area (Å²) in [7, 11) is -3.64. The minimum Gasteiger partial charge on any atom is -0.386 e. The average Bonchev–Trinajstić information content (AvgIpc) is 2.76. The number of benzene rings is 2. The van der Waals surface area contributed by atoms with E-state index in [2.05, 4.69) is 0 Å². The van der Waals surface area contributed by atoms with Crippen molar-refractivity contribution in [1.29, 1.82) is 0 Å². The lowest BCUT2D eigenvalue weighted by molar-refractivity contribution is -0.0221. The Morgan fingerprint density at radius 3 is 1.41 bits per heavy atom. The van der Waals surface area contributed by atoms with Gasteiger partial charge in [0.15, 0.2) is 13.1 Å². The van der Waals surface area contributed by atoms with E-state index in [0.717, 1.165) is 38.5 Å². The van der Waals surface area contributed by atoms with E-state index in [0.29, 0.717) is 23.5 Å². The molecule has 1 fully saturated rings. The molecule has 0 radical (unpaired) electrons. The van der Waals surface area contributed by atoms with Crippen LogP contribution in [0.2, 0.25) is 0 Å². The van der Waals surface area contributed by atoms with E-state index in [1.165, 1.54) is 19.3 Å². The molecule has 0 spiro atoms. The second-order valence-corrected chi connectivity index (χ2v) is 11.3. The van der Waals surface area contributed by atoms with E-state index in [1.807, 2.05) is 12.1 Å². The minimum absolute atomic E-state index is 0.373. The molecule has 0 aromatic heterocycles. The highest BCUT2D eigenvalue weighted by molar-refractivity contribution is 7.79. The SMILES string of the molecule is O=P(c1ccccc1)(c1ccccc1)C(F)C1(O)CCCCCCCCCCC1. The van der Waals surface area contributed by atoms with Gasteiger partial charge in [-0.1, -0.05) is 118 Å². The minimum atomic E-state index is -3.64. The first-order valence-electron chi connectivity index (χ1n) is 11.1. The Morgan fingerprint density at radius 2 is 1.03 bits per heavy atom. The number of hydrogen-bond donors (Lipinski definition) is 1. The maximum absolute atomic E-state index is 16.3. The van der Waals surface area contributed by atoms with Crippen molar-refractivity contribution in [2.24, 2.45) is 0 Å². The Labute approximate surface area is 174 Å². The third kappa shape index (κ3) is 5.38. The third-order valence-corrected chi connectivity index (χ3v) is 9.51. The van der Waals surface area contributed by atoms with Gasteiger partial charge in [0.25, 0.3) is 0 Å². The van der Waals surface area contributed by atoms with Crippen molar-refractivity contribution in [3.8, 4) is 0 Å². The molecule has 29 heavy (non-hydrogen) atoms. The lowest BCUT2D eigenvalue weighted by atomic mass is 9.89. The molecule has 1 saturated carbocycles. The molecular formula is C25H34FO2P. The predicted molar refractivity (Wildman–Crippen MR) is 120 cm³/mol. The van der Waals surface area contributed by atoms with Crippen molar-refractivity contribution in [3.05, 3.63) is 60.7 Å². The molecule has 0 saturated heterocycles. The van der Waals surface area contributed by atoms with Gasteiger partial charge >= 0.3 is 0 Å². The van der Waals surface area contributed by atoms with E-state index in [9.17, 15) is 9.67 Å². The van der Waals surface area contributed by atoms with Crippen molar-refractivity contribution < 1.29 is 14.1 Å². The molecule has 1 N–H and O–H groups in total. The van der Waals surface area contributed by atoms with Gasteiger partial charge in [0, 0.05) is 10.6 Å². The predicted octanol–water partition coefficient (Wildman–Crippen LogP) is 6.33. The summed E-state index contributed by atoms with van der Waals surface area (Å²) >= 11 is 0. The van der Waals surface area contributed by atoms with E-state index in [-0.39, 0.29) is 0 Å². The van der Waals surface area contributed by atoms with Crippen LogP contribution in [0.4, 0.5) is 4.39 Å². The lowest BCUT2D eigenvalue weighted by Crippen LogP contribution is -2.43. The number of halogens is 1. The quantitative estimate of drug-likeness (QED) is 0.591. The van der Waals surface area contributed by atoms with Crippen LogP contribution < -0.4 is 10.6 Å². The molecule has 0 heterocycles. The van der Waals surface area contributed by atoms with E-state index >= 15 is 4.39 Å². The second kappa shape index (κ2) is 10.5. The Balaban J connectivity index is 1.96. The van der Waals surface area contributed by atoms with Crippen LogP contribution in [0.15, 0.2) is 60.7 Å². The van der Waals surface area contributed by atoms with Gasteiger partial charge in [-0.15, -0.1) is 0 Å². The summed E-state index contributed by atoms with van der Waals surface area (Å²) in [6.07, 6.45) is 10.2. The fraction of sp³-hybridized carbons (Fsp3) is 0.520. The zero-order valence-electron chi connectivity index (χ0n) is 17.3. The van der Waals surface area contributed by atoms with Gasteiger partial charge in [0.1, 0.15) is 5.60 Å². The first-order chi connectivity index (χ1) is 14.1. The van der Waals surface area contributed by atoms with Crippen LogP contribution in [-0.2, 0) is 4.57 Å². The van der Waals surface area contributed by atoms with Crippen LogP contribution in [0.5, 0.6) is 0 Å². The molecule has 1 aliphatic rings. The van der Waals surface area contributed by atoms with Gasteiger partial charge in [-0.05, 0) is 12.8 Å². The maximum atomic E-state index is 16.3. The Morgan fingerprint density at radius 1 is 0.690 bits per heavy atom. The van der Waals surface area contributed by atoms with E-state index < -0.39 is 18.7 Å². The molecule has 0 bridgehead atoms. The molecule has 2 nitrogen and oxygen atoms in total. The third-order valence-electron chi connectivity index (χ3n) is 6.26. The average molecular weight is 417 g/mol. The molecule has 4 heteroatoms. The van der Waals surface area contributed by atoms with Gasteiger partial charge in [-0.2, -0.15) is 0 Å². The maximum Gasteiger partial charge on any atom is 0.189 e. The fourth-order valence-corrected chi connectivity index (χ4v) is 7.50. The molecule has 1 aliphatic carbocycles. The fourth-order valence-electron chi connectivity index (χ4n) is 4.51. The van der Waals surface area contributed by atoms with Crippen LogP contribution in [0, 0.1) is 0 Å². The second-order valence-electron chi connectivity index (χ2n) is 8.45. The number of hydrogen-bond acceptors (Lipinski definition) is 2. The van der Waals surface area contributed by atoms with Gasteiger partial charge in [-0.25, -0.2) is 4.39 Å². The lowest BCUT2D eigenvalue weighted by Gasteiger charge is -2.37. The summed E-state index contributed by atoms with van der Waals surface area (Å²) in [6.45, 7) is 0. The van der Waals surface area contributed by atoms with Crippen LogP contribution >= 0.6 is 7.14 Å². The molecule has 158 valence electrons. The molecule has 2 aromatic rings. The zero-order valence-corrected chi connectivity index (χ0v) is 18.2. The van der Waals surface area contributed by atoms with Gasteiger partial charge in [0.05, 0.1) is 0 Å². The van der Waals surface area contributed by atoms with E-state index in [1.54, 1.807) is 48.5 Å². The first kappa shape index (κ1) is 22.2. The van der Waals surface area contributed by atoms with Crippen molar-refractivity contribution in [3.63, 3.8) is 0 Å². The Hall–Kier alpha value is -1.44. The molecule has 1 unspecified atom stereocenters. The van der Waals surface area contributed by atoms with Crippen molar-refractivity contribution in [2.75, 3.05) is 0 Å². The molecular weight excluding hydrogens is 382 g/mol. The van der Waals surface area contributed by atoms with Crippen molar-refractivity contribution in [1.82, 2.24) is 0 Å². The molecule has 2 aromatic carbocycles. The summed E-state index contributed by atoms with van der Waals surface area (Å²) in [5.41, 5.74) is -1.56. The summed E-state index contributed by atoms with van der Waals surface area (Å²) < 4.78 is 30.7. The molecule has 3 rings (SSSR count). The zero-order chi connectivity index (χ0) is 20.6. The summed E-state index contributed by atoms with van der Waals surface area (Å²) in [4.78, 5) is 0. The molecule has 0 amide bonds. The summed E-state index contributed by atoms with van der Waals surface area (Å²) in [6, 6.07) is 17.8. The smallest absolute Gasteiger partial charge is 0.189 e. The van der Waals surface area contributed by atoms with Crippen LogP contribution in [0.25, 0.3) is 0 Å². The topological polar surface area (TPSA) is 37.3 Å². The van der Waals surface area contributed by atoms with Gasteiger partial charge in [-0.3, -0.25) is 0 Å². The monoisotopic (exact) mass is 416 g/mol. The van der Waals surface area contributed by atoms with Crippen molar-refractivity contribution >= 4 is 17.8 Å². The number of rotatable bonds is 4. The van der Waals surface area contributed by atoms with Gasteiger partial charge < -0.3 is 9.67 Å². The summed E-state index contributed by atoms with van der Waals surface area (Å²) in [5.74, 6) is -1.80. The van der Waals surface area contributed by atoms with Crippen LogP contribution in [-0.4, -0.2) is 16.6 Å². The highest BCUT2D eigenvalue weighted by atomic mass is 31.2. The molecule has 1 atom stereocenters. The first-order valence-corrected chi connectivity index (χ1v) is 12.9. The Kier molecular flexibility index (Phi) is 8.09. The number of alkyl halides is 1. The van der Waals surface area contributed by atoms with E-state index in [4.69, 9.17) is 0 Å². The highest BCUT2D eigenvalue weighted by Gasteiger charge is 2.49. The summed E-state index contributed by atoms with van der Waals surface area (Å²) in [5, 5.41) is 12.5. The van der Waals surface area contributed by atoms with Crippen LogP contribution in [0.1, 0.15) is 70.6 Å². The Bertz CT molecular complexity index is 722. The normalized spacial score (nSPS) is 20.2. The van der Waals surface area contributed by atoms with Crippen LogP contribution in [0.3, 0.4) is 0 Å².